The van der Waals surface area contributed by atoms with Crippen molar-refractivity contribution in [3.8, 4) is 0 Å². The molecule has 0 bridgehead atoms. The van der Waals surface area contributed by atoms with Crippen LogP contribution in [-0.2, 0) is 11.2 Å². The summed E-state index contributed by atoms with van der Waals surface area (Å²) in [4.78, 5) is 20.0. The molecular weight excluding hydrogens is 206 g/mol. The van der Waals surface area contributed by atoms with Crippen molar-refractivity contribution in [1.29, 1.82) is 0 Å². The Morgan fingerprint density at radius 3 is 2.88 bits per heavy atom. The Balaban J connectivity index is 2.68. The lowest BCUT2D eigenvalue weighted by Crippen LogP contribution is -2.28. The predicted molar refractivity (Wildman–Crippen MR) is 60.4 cm³/mol. The molecule has 1 aromatic heterocycles. The molecule has 5 heteroatoms. The number of amides is 1. The van der Waals surface area contributed by atoms with E-state index in [0.29, 0.717) is 24.4 Å². The molecule has 0 saturated heterocycles. The molecule has 1 rings (SSSR count). The van der Waals surface area contributed by atoms with Crippen molar-refractivity contribution in [3.05, 3.63) is 23.3 Å². The molecule has 5 nitrogen and oxygen atoms in total. The van der Waals surface area contributed by atoms with E-state index in [1.165, 1.54) is 0 Å². The lowest BCUT2D eigenvalue weighted by Gasteiger charge is -2.07. The van der Waals surface area contributed by atoms with Gasteiger partial charge in [-0.2, -0.15) is 0 Å². The second-order valence-corrected chi connectivity index (χ2v) is 3.39. The summed E-state index contributed by atoms with van der Waals surface area (Å²) < 4.78 is 4.85. The smallest absolute Gasteiger partial charge is 0.254 e. The van der Waals surface area contributed by atoms with E-state index in [4.69, 9.17) is 4.74 Å². The number of methoxy groups -OCH3 is 1. The standard InChI is InChI=1S/C11H17N3O2/c1-4-10-13-7-9(8(2)14-10)11(15)12-5-6-16-3/h7H,4-6H2,1-3H3,(H,12,15). The van der Waals surface area contributed by atoms with Crippen LogP contribution in [-0.4, -0.2) is 36.1 Å². The highest BCUT2D eigenvalue weighted by Gasteiger charge is 2.10. The predicted octanol–water partition coefficient (Wildman–Crippen LogP) is 0.724. The van der Waals surface area contributed by atoms with Crippen molar-refractivity contribution in [2.24, 2.45) is 0 Å². The second kappa shape index (κ2) is 6.17. The monoisotopic (exact) mass is 223 g/mol. The van der Waals surface area contributed by atoms with Gasteiger partial charge in [-0.05, 0) is 6.92 Å². The molecule has 1 heterocycles. The van der Waals surface area contributed by atoms with E-state index in [-0.39, 0.29) is 5.91 Å². The van der Waals surface area contributed by atoms with Gasteiger partial charge in [0.15, 0.2) is 0 Å². The van der Waals surface area contributed by atoms with Crippen LogP contribution in [0, 0.1) is 6.92 Å². The molecule has 1 N–H and O–H groups in total. The molecule has 0 spiro atoms. The fraction of sp³-hybridized carbons (Fsp3) is 0.545. The van der Waals surface area contributed by atoms with Crippen LogP contribution in [0.15, 0.2) is 6.20 Å². The topological polar surface area (TPSA) is 64.1 Å². The molecule has 1 aromatic rings. The summed E-state index contributed by atoms with van der Waals surface area (Å²) in [6, 6.07) is 0. The third-order valence-electron chi connectivity index (χ3n) is 2.18. The van der Waals surface area contributed by atoms with E-state index < -0.39 is 0 Å². The zero-order valence-electron chi connectivity index (χ0n) is 9.91. The van der Waals surface area contributed by atoms with Gasteiger partial charge in [0, 0.05) is 26.3 Å². The Hall–Kier alpha value is -1.49. The number of aromatic nitrogens is 2. The summed E-state index contributed by atoms with van der Waals surface area (Å²) in [7, 11) is 1.59. The second-order valence-electron chi connectivity index (χ2n) is 3.39. The first-order valence-electron chi connectivity index (χ1n) is 5.28. The van der Waals surface area contributed by atoms with Crippen LogP contribution in [0.2, 0.25) is 0 Å². The maximum atomic E-state index is 11.7. The van der Waals surface area contributed by atoms with Crippen LogP contribution in [0.25, 0.3) is 0 Å². The number of nitrogens with zero attached hydrogens (tertiary/aromatic N) is 2. The Morgan fingerprint density at radius 1 is 1.56 bits per heavy atom. The number of carbonyl (C=O) groups excluding carboxylic acids is 1. The molecule has 88 valence electrons. The number of carbonyl (C=O) groups is 1. The molecule has 0 unspecified atom stereocenters. The average Bonchev–Trinajstić information content (AvgIpc) is 2.29. The molecule has 0 aliphatic heterocycles. The van der Waals surface area contributed by atoms with E-state index in [1.54, 1.807) is 13.3 Å². The number of nitrogens with one attached hydrogen (secondary N) is 1. The van der Waals surface area contributed by atoms with Gasteiger partial charge >= 0.3 is 0 Å². The molecule has 0 aliphatic carbocycles. The first-order valence-corrected chi connectivity index (χ1v) is 5.28. The largest absolute Gasteiger partial charge is 0.383 e. The Labute approximate surface area is 95.3 Å². The van der Waals surface area contributed by atoms with Crippen molar-refractivity contribution in [2.45, 2.75) is 20.3 Å². The van der Waals surface area contributed by atoms with Crippen LogP contribution in [0.1, 0.15) is 28.8 Å². The van der Waals surface area contributed by atoms with E-state index in [9.17, 15) is 4.79 Å². The molecule has 0 aliphatic rings. The average molecular weight is 223 g/mol. The summed E-state index contributed by atoms with van der Waals surface area (Å²) in [5, 5.41) is 2.73. The molecule has 0 atom stereocenters. The highest BCUT2D eigenvalue weighted by molar-refractivity contribution is 5.94. The minimum Gasteiger partial charge on any atom is -0.383 e. The lowest BCUT2D eigenvalue weighted by molar-refractivity contribution is 0.0935. The fourth-order valence-corrected chi connectivity index (χ4v) is 1.27. The van der Waals surface area contributed by atoms with Gasteiger partial charge in [0.2, 0.25) is 0 Å². The van der Waals surface area contributed by atoms with Crippen LogP contribution < -0.4 is 5.32 Å². The van der Waals surface area contributed by atoms with Crippen LogP contribution in [0.3, 0.4) is 0 Å². The number of hydrogen-bond donors (Lipinski definition) is 1. The lowest BCUT2D eigenvalue weighted by atomic mass is 10.2. The van der Waals surface area contributed by atoms with Gasteiger partial charge in [-0.1, -0.05) is 6.92 Å². The van der Waals surface area contributed by atoms with Gasteiger partial charge in [0.05, 0.1) is 17.9 Å². The number of ether oxygens (including phenoxy) is 1. The highest BCUT2D eigenvalue weighted by atomic mass is 16.5. The number of hydrogen-bond acceptors (Lipinski definition) is 4. The zero-order chi connectivity index (χ0) is 12.0. The molecule has 0 fully saturated rings. The first-order chi connectivity index (χ1) is 7.69. The third-order valence-corrected chi connectivity index (χ3v) is 2.18. The molecule has 1 amide bonds. The van der Waals surface area contributed by atoms with Gasteiger partial charge in [-0.3, -0.25) is 4.79 Å². The highest BCUT2D eigenvalue weighted by Crippen LogP contribution is 2.04. The summed E-state index contributed by atoms with van der Waals surface area (Å²) in [5.41, 5.74) is 1.23. The Morgan fingerprint density at radius 2 is 2.31 bits per heavy atom. The summed E-state index contributed by atoms with van der Waals surface area (Å²) >= 11 is 0. The Bertz CT molecular complexity index is 366. The summed E-state index contributed by atoms with van der Waals surface area (Å²) in [5.74, 6) is 0.600. The number of aryl methyl sites for hydroxylation is 2. The van der Waals surface area contributed by atoms with Crippen molar-refractivity contribution in [2.75, 3.05) is 20.3 Å². The maximum absolute atomic E-state index is 11.7. The SMILES string of the molecule is CCc1ncc(C(=O)NCCOC)c(C)n1. The maximum Gasteiger partial charge on any atom is 0.254 e. The minimum absolute atomic E-state index is 0.155. The van der Waals surface area contributed by atoms with E-state index in [1.807, 2.05) is 13.8 Å². The molecule has 16 heavy (non-hydrogen) atoms. The molecule has 0 radical (unpaired) electrons. The normalized spacial score (nSPS) is 10.2. The summed E-state index contributed by atoms with van der Waals surface area (Å²) in [6.07, 6.45) is 2.34. The van der Waals surface area contributed by atoms with E-state index >= 15 is 0 Å². The summed E-state index contributed by atoms with van der Waals surface area (Å²) in [6.45, 7) is 4.78. The molecular formula is C11H17N3O2. The molecule has 0 aromatic carbocycles. The van der Waals surface area contributed by atoms with Gasteiger partial charge in [0.25, 0.3) is 5.91 Å². The van der Waals surface area contributed by atoms with Gasteiger partial charge < -0.3 is 10.1 Å². The van der Waals surface area contributed by atoms with Crippen molar-refractivity contribution in [1.82, 2.24) is 15.3 Å². The third kappa shape index (κ3) is 3.27. The van der Waals surface area contributed by atoms with Gasteiger partial charge in [-0.25, -0.2) is 9.97 Å². The van der Waals surface area contributed by atoms with Crippen molar-refractivity contribution < 1.29 is 9.53 Å². The first kappa shape index (κ1) is 12.6. The Kier molecular flexibility index (Phi) is 4.85. The zero-order valence-corrected chi connectivity index (χ0v) is 9.91. The van der Waals surface area contributed by atoms with Crippen molar-refractivity contribution >= 4 is 5.91 Å². The van der Waals surface area contributed by atoms with E-state index in [0.717, 1.165) is 12.2 Å². The van der Waals surface area contributed by atoms with Gasteiger partial charge in [-0.15, -0.1) is 0 Å². The fourth-order valence-electron chi connectivity index (χ4n) is 1.27. The quantitative estimate of drug-likeness (QED) is 0.747. The number of rotatable bonds is 5. The van der Waals surface area contributed by atoms with Gasteiger partial charge in [0.1, 0.15) is 5.82 Å². The van der Waals surface area contributed by atoms with Crippen LogP contribution in [0.4, 0.5) is 0 Å². The van der Waals surface area contributed by atoms with Crippen molar-refractivity contribution in [3.63, 3.8) is 0 Å². The van der Waals surface area contributed by atoms with E-state index in [2.05, 4.69) is 15.3 Å². The molecule has 0 saturated carbocycles. The van der Waals surface area contributed by atoms with Crippen LogP contribution in [0.5, 0.6) is 0 Å². The minimum atomic E-state index is -0.155. The van der Waals surface area contributed by atoms with Crippen LogP contribution >= 0.6 is 0 Å².